The number of rotatable bonds is 2. The maximum Gasteiger partial charge on any atom is 0.350 e. The summed E-state index contributed by atoms with van der Waals surface area (Å²) >= 11 is 0. The Morgan fingerprint density at radius 2 is 1.81 bits per heavy atom. The van der Waals surface area contributed by atoms with Gasteiger partial charge in [-0.05, 0) is 23.6 Å². The third-order valence-electron chi connectivity index (χ3n) is 2.66. The molecule has 2 aromatic rings. The normalized spacial score (nSPS) is 11.0. The lowest BCUT2D eigenvalue weighted by atomic mass is 10.0. The second-order valence-electron chi connectivity index (χ2n) is 4.15. The standard InChI is InChI=1S/C12H15N3O/c1-9(2)10-4-6-11(7-5-10)15-8-13-14(3)12(15)16/h4-9H,1-3H3. The number of aromatic nitrogens is 3. The van der Waals surface area contributed by atoms with Crippen molar-refractivity contribution in [1.29, 1.82) is 0 Å². The van der Waals surface area contributed by atoms with Gasteiger partial charge in [0.05, 0.1) is 5.69 Å². The predicted molar refractivity (Wildman–Crippen MR) is 62.9 cm³/mol. The summed E-state index contributed by atoms with van der Waals surface area (Å²) < 4.78 is 2.85. The van der Waals surface area contributed by atoms with Crippen LogP contribution in [-0.4, -0.2) is 14.3 Å². The molecule has 0 aliphatic carbocycles. The van der Waals surface area contributed by atoms with Gasteiger partial charge in [0, 0.05) is 7.05 Å². The Bertz CT molecular complexity index is 534. The fraction of sp³-hybridized carbons (Fsp3) is 0.333. The smallest absolute Gasteiger partial charge is 0.250 e. The van der Waals surface area contributed by atoms with E-state index in [1.54, 1.807) is 7.05 Å². The summed E-state index contributed by atoms with van der Waals surface area (Å²) in [5.74, 6) is 0.500. The van der Waals surface area contributed by atoms with Crippen molar-refractivity contribution in [1.82, 2.24) is 14.3 Å². The molecule has 4 heteroatoms. The minimum Gasteiger partial charge on any atom is -0.250 e. The van der Waals surface area contributed by atoms with Gasteiger partial charge in [-0.15, -0.1) is 0 Å². The average Bonchev–Trinajstić information content (AvgIpc) is 2.60. The van der Waals surface area contributed by atoms with Crippen molar-refractivity contribution in [2.45, 2.75) is 19.8 Å². The molecule has 0 amide bonds. The van der Waals surface area contributed by atoms with Gasteiger partial charge in [-0.3, -0.25) is 0 Å². The van der Waals surface area contributed by atoms with Gasteiger partial charge < -0.3 is 0 Å². The highest BCUT2D eigenvalue weighted by atomic mass is 16.2. The highest BCUT2D eigenvalue weighted by Gasteiger charge is 2.04. The predicted octanol–water partition coefficient (Wildman–Crippen LogP) is 1.69. The molecule has 0 aliphatic heterocycles. The molecule has 2 rings (SSSR count). The zero-order valence-electron chi connectivity index (χ0n) is 9.71. The molecular weight excluding hydrogens is 202 g/mol. The minimum absolute atomic E-state index is 0.128. The van der Waals surface area contributed by atoms with Crippen molar-refractivity contribution >= 4 is 0 Å². The summed E-state index contributed by atoms with van der Waals surface area (Å²) in [4.78, 5) is 11.7. The lowest BCUT2D eigenvalue weighted by molar-refractivity contribution is 0.726. The van der Waals surface area contributed by atoms with Crippen LogP contribution < -0.4 is 5.69 Å². The van der Waals surface area contributed by atoms with Crippen molar-refractivity contribution in [2.24, 2.45) is 7.05 Å². The van der Waals surface area contributed by atoms with Crippen LogP contribution >= 0.6 is 0 Å². The van der Waals surface area contributed by atoms with E-state index in [0.717, 1.165) is 5.69 Å². The van der Waals surface area contributed by atoms with E-state index in [1.165, 1.54) is 21.1 Å². The van der Waals surface area contributed by atoms with Gasteiger partial charge >= 0.3 is 5.69 Å². The third-order valence-corrected chi connectivity index (χ3v) is 2.66. The Morgan fingerprint density at radius 1 is 1.19 bits per heavy atom. The first-order valence-corrected chi connectivity index (χ1v) is 5.30. The molecule has 0 unspecified atom stereocenters. The van der Waals surface area contributed by atoms with Gasteiger partial charge in [0.15, 0.2) is 0 Å². The molecule has 0 N–H and O–H groups in total. The average molecular weight is 217 g/mol. The zero-order chi connectivity index (χ0) is 11.7. The van der Waals surface area contributed by atoms with Crippen LogP contribution in [0.2, 0.25) is 0 Å². The van der Waals surface area contributed by atoms with Crippen LogP contribution in [0.25, 0.3) is 5.69 Å². The topological polar surface area (TPSA) is 39.8 Å². The summed E-state index contributed by atoms with van der Waals surface area (Å²) in [6.45, 7) is 4.29. The van der Waals surface area contributed by atoms with E-state index in [2.05, 4.69) is 18.9 Å². The lowest BCUT2D eigenvalue weighted by Crippen LogP contribution is -2.21. The van der Waals surface area contributed by atoms with Gasteiger partial charge in [-0.1, -0.05) is 26.0 Å². The first-order chi connectivity index (χ1) is 7.59. The summed E-state index contributed by atoms with van der Waals surface area (Å²) in [5.41, 5.74) is 1.99. The second kappa shape index (κ2) is 3.96. The molecule has 0 spiro atoms. The maximum absolute atomic E-state index is 11.7. The van der Waals surface area contributed by atoms with Crippen LogP contribution in [0.4, 0.5) is 0 Å². The monoisotopic (exact) mass is 217 g/mol. The SMILES string of the molecule is CC(C)c1ccc(-n2cnn(C)c2=O)cc1. The number of hydrogen-bond donors (Lipinski definition) is 0. The van der Waals surface area contributed by atoms with E-state index in [1.807, 2.05) is 24.3 Å². The van der Waals surface area contributed by atoms with Crippen molar-refractivity contribution in [3.63, 3.8) is 0 Å². The van der Waals surface area contributed by atoms with Crippen molar-refractivity contribution in [2.75, 3.05) is 0 Å². The summed E-state index contributed by atoms with van der Waals surface area (Å²) in [5, 5.41) is 3.92. The van der Waals surface area contributed by atoms with Gasteiger partial charge in [-0.2, -0.15) is 5.10 Å². The van der Waals surface area contributed by atoms with Gasteiger partial charge in [0.1, 0.15) is 6.33 Å². The molecule has 0 saturated heterocycles. The molecule has 0 saturated carbocycles. The number of nitrogens with zero attached hydrogens (tertiary/aromatic N) is 3. The molecule has 4 nitrogen and oxygen atoms in total. The third kappa shape index (κ3) is 1.78. The maximum atomic E-state index is 11.7. The summed E-state index contributed by atoms with van der Waals surface area (Å²) in [6.07, 6.45) is 1.53. The zero-order valence-corrected chi connectivity index (χ0v) is 9.71. The highest BCUT2D eigenvalue weighted by molar-refractivity contribution is 5.35. The number of aryl methyl sites for hydroxylation is 1. The quantitative estimate of drug-likeness (QED) is 0.768. The molecule has 0 aliphatic rings. The minimum atomic E-state index is -0.128. The van der Waals surface area contributed by atoms with E-state index < -0.39 is 0 Å². The van der Waals surface area contributed by atoms with E-state index >= 15 is 0 Å². The Hall–Kier alpha value is -1.84. The molecule has 1 aromatic carbocycles. The number of hydrogen-bond acceptors (Lipinski definition) is 2. The first kappa shape index (κ1) is 10.7. The van der Waals surface area contributed by atoms with Gasteiger partial charge in [0.2, 0.25) is 0 Å². The van der Waals surface area contributed by atoms with E-state index in [0.29, 0.717) is 5.92 Å². The summed E-state index contributed by atoms with van der Waals surface area (Å²) in [6, 6.07) is 7.97. The Balaban J connectivity index is 2.43. The molecule has 16 heavy (non-hydrogen) atoms. The molecular formula is C12H15N3O. The molecule has 0 fully saturated rings. The highest BCUT2D eigenvalue weighted by Crippen LogP contribution is 2.15. The molecule has 1 heterocycles. The Kier molecular flexibility index (Phi) is 2.64. The van der Waals surface area contributed by atoms with Crippen LogP contribution in [0.3, 0.4) is 0 Å². The van der Waals surface area contributed by atoms with E-state index in [-0.39, 0.29) is 5.69 Å². The summed E-state index contributed by atoms with van der Waals surface area (Å²) in [7, 11) is 1.64. The van der Waals surface area contributed by atoms with Crippen LogP contribution in [0, 0.1) is 0 Å². The van der Waals surface area contributed by atoms with Crippen molar-refractivity contribution in [3.8, 4) is 5.69 Å². The molecule has 0 atom stereocenters. The molecule has 84 valence electrons. The lowest BCUT2D eigenvalue weighted by Gasteiger charge is -2.06. The van der Waals surface area contributed by atoms with E-state index in [4.69, 9.17) is 0 Å². The van der Waals surface area contributed by atoms with Crippen LogP contribution in [0.15, 0.2) is 35.4 Å². The van der Waals surface area contributed by atoms with Gasteiger partial charge in [-0.25, -0.2) is 14.0 Å². The molecule has 0 bridgehead atoms. The largest absolute Gasteiger partial charge is 0.350 e. The van der Waals surface area contributed by atoms with Crippen LogP contribution in [0.1, 0.15) is 25.3 Å². The fourth-order valence-corrected chi connectivity index (χ4v) is 1.58. The van der Waals surface area contributed by atoms with Crippen LogP contribution in [-0.2, 0) is 7.05 Å². The fourth-order valence-electron chi connectivity index (χ4n) is 1.58. The molecule has 0 radical (unpaired) electrons. The second-order valence-corrected chi connectivity index (χ2v) is 4.15. The van der Waals surface area contributed by atoms with Crippen molar-refractivity contribution < 1.29 is 0 Å². The van der Waals surface area contributed by atoms with E-state index in [9.17, 15) is 4.79 Å². The Labute approximate surface area is 94.1 Å². The van der Waals surface area contributed by atoms with Gasteiger partial charge in [0.25, 0.3) is 0 Å². The Morgan fingerprint density at radius 3 is 2.25 bits per heavy atom. The first-order valence-electron chi connectivity index (χ1n) is 5.30. The van der Waals surface area contributed by atoms with Crippen molar-refractivity contribution in [3.05, 3.63) is 46.6 Å². The molecule has 1 aromatic heterocycles. The number of benzene rings is 1. The van der Waals surface area contributed by atoms with Crippen LogP contribution in [0.5, 0.6) is 0 Å².